The number of halogens is 2. The number of amides is 3. The molecule has 6 nitrogen and oxygen atoms in total. The average Bonchev–Trinajstić information content (AvgIpc) is 2.63. The van der Waals surface area contributed by atoms with Crippen LogP contribution in [0.5, 0.6) is 0 Å². The minimum atomic E-state index is -0.828. The van der Waals surface area contributed by atoms with Crippen molar-refractivity contribution in [2.45, 2.75) is 33.7 Å². The first-order valence-corrected chi connectivity index (χ1v) is 9.72. The Balaban J connectivity index is 2.02. The first-order valence-electron chi connectivity index (χ1n) is 8.96. The molecule has 0 aliphatic rings. The molecule has 0 saturated carbocycles. The summed E-state index contributed by atoms with van der Waals surface area (Å²) >= 11 is 12.0. The average molecular weight is 436 g/mol. The van der Waals surface area contributed by atoms with Crippen LogP contribution in [0.4, 0.5) is 11.4 Å². The van der Waals surface area contributed by atoms with Crippen LogP contribution in [0.25, 0.3) is 0 Å². The molecule has 0 spiro atoms. The second-order valence-electron chi connectivity index (χ2n) is 7.57. The first-order chi connectivity index (χ1) is 13.5. The highest BCUT2D eigenvalue weighted by atomic mass is 35.5. The number of carbonyl (C=O) groups excluding carboxylic acids is 3. The van der Waals surface area contributed by atoms with Gasteiger partial charge in [-0.15, -0.1) is 0 Å². The Morgan fingerprint density at radius 2 is 1.52 bits per heavy atom. The van der Waals surface area contributed by atoms with Gasteiger partial charge in [0.25, 0.3) is 5.91 Å². The molecule has 2 aromatic carbocycles. The molecular weight excluding hydrogens is 413 g/mol. The fraction of sp³-hybridized carbons (Fsp3) is 0.286. The van der Waals surface area contributed by atoms with Crippen molar-refractivity contribution in [1.29, 1.82) is 0 Å². The van der Waals surface area contributed by atoms with E-state index in [9.17, 15) is 14.4 Å². The standard InChI is InChI=1S/C21H23Cl2N3O3/c1-12(24-19(28)15-9-6-10-16(22)17(15)23)18(27)25-13-7-5-8-14(11-13)26-20(29)21(2,3)4/h5-12H,1-4H3,(H,24,28)(H,25,27)(H,26,29). The van der Waals surface area contributed by atoms with E-state index in [-0.39, 0.29) is 21.5 Å². The van der Waals surface area contributed by atoms with Gasteiger partial charge in [0.05, 0.1) is 15.6 Å². The summed E-state index contributed by atoms with van der Waals surface area (Å²) in [7, 11) is 0. The summed E-state index contributed by atoms with van der Waals surface area (Å²) in [4.78, 5) is 36.9. The molecule has 29 heavy (non-hydrogen) atoms. The third-order valence-electron chi connectivity index (χ3n) is 4.01. The lowest BCUT2D eigenvalue weighted by molar-refractivity contribution is -0.123. The predicted molar refractivity (Wildman–Crippen MR) is 117 cm³/mol. The molecule has 0 aromatic heterocycles. The van der Waals surface area contributed by atoms with E-state index in [4.69, 9.17) is 23.2 Å². The van der Waals surface area contributed by atoms with Crippen molar-refractivity contribution in [3.63, 3.8) is 0 Å². The molecule has 154 valence electrons. The lowest BCUT2D eigenvalue weighted by Gasteiger charge is -2.18. The highest BCUT2D eigenvalue weighted by molar-refractivity contribution is 6.43. The topological polar surface area (TPSA) is 87.3 Å². The summed E-state index contributed by atoms with van der Waals surface area (Å²) in [5, 5.41) is 8.48. The van der Waals surface area contributed by atoms with E-state index in [2.05, 4.69) is 16.0 Å². The van der Waals surface area contributed by atoms with Gasteiger partial charge in [0.2, 0.25) is 11.8 Å². The Morgan fingerprint density at radius 3 is 2.14 bits per heavy atom. The maximum atomic E-state index is 12.5. The van der Waals surface area contributed by atoms with Crippen molar-refractivity contribution in [2.24, 2.45) is 5.41 Å². The van der Waals surface area contributed by atoms with Gasteiger partial charge in [0, 0.05) is 16.8 Å². The van der Waals surface area contributed by atoms with Gasteiger partial charge in [0.1, 0.15) is 6.04 Å². The molecule has 3 amide bonds. The van der Waals surface area contributed by atoms with E-state index >= 15 is 0 Å². The Hall–Kier alpha value is -2.57. The van der Waals surface area contributed by atoms with E-state index in [0.717, 1.165) is 0 Å². The molecule has 8 heteroatoms. The minimum Gasteiger partial charge on any atom is -0.340 e. The zero-order valence-corrected chi connectivity index (χ0v) is 18.1. The zero-order valence-electron chi connectivity index (χ0n) is 16.6. The number of nitrogens with one attached hydrogen (secondary N) is 3. The molecule has 0 bridgehead atoms. The summed E-state index contributed by atoms with van der Waals surface area (Å²) in [6.45, 7) is 6.98. The van der Waals surface area contributed by atoms with Gasteiger partial charge in [-0.05, 0) is 37.3 Å². The molecule has 2 aromatic rings. The molecule has 0 heterocycles. The van der Waals surface area contributed by atoms with Crippen molar-refractivity contribution in [2.75, 3.05) is 10.6 Å². The second-order valence-corrected chi connectivity index (χ2v) is 8.36. The molecule has 0 saturated heterocycles. The van der Waals surface area contributed by atoms with Crippen LogP contribution in [-0.2, 0) is 9.59 Å². The zero-order chi connectivity index (χ0) is 21.8. The maximum absolute atomic E-state index is 12.5. The van der Waals surface area contributed by atoms with Gasteiger partial charge >= 0.3 is 0 Å². The van der Waals surface area contributed by atoms with Crippen LogP contribution >= 0.6 is 23.2 Å². The number of anilines is 2. The number of hydrogen-bond acceptors (Lipinski definition) is 3. The van der Waals surface area contributed by atoms with Crippen LogP contribution < -0.4 is 16.0 Å². The number of carbonyl (C=O) groups is 3. The summed E-state index contributed by atoms with van der Waals surface area (Å²) in [6.07, 6.45) is 0. The largest absolute Gasteiger partial charge is 0.340 e. The van der Waals surface area contributed by atoms with Crippen molar-refractivity contribution in [3.05, 3.63) is 58.1 Å². The van der Waals surface area contributed by atoms with Crippen LogP contribution in [0.1, 0.15) is 38.1 Å². The van der Waals surface area contributed by atoms with Crippen molar-refractivity contribution < 1.29 is 14.4 Å². The molecule has 2 rings (SSSR count). The Labute approximate surface area is 180 Å². The smallest absolute Gasteiger partial charge is 0.253 e. The highest BCUT2D eigenvalue weighted by Gasteiger charge is 2.22. The van der Waals surface area contributed by atoms with E-state index < -0.39 is 23.3 Å². The second kappa shape index (κ2) is 9.29. The maximum Gasteiger partial charge on any atom is 0.253 e. The van der Waals surface area contributed by atoms with Gasteiger partial charge in [-0.2, -0.15) is 0 Å². The molecule has 1 atom stereocenters. The Bertz CT molecular complexity index is 939. The van der Waals surface area contributed by atoms with E-state index in [1.165, 1.54) is 6.07 Å². The van der Waals surface area contributed by atoms with Gasteiger partial charge in [-0.3, -0.25) is 14.4 Å². The van der Waals surface area contributed by atoms with E-state index in [0.29, 0.717) is 11.4 Å². The Morgan fingerprint density at radius 1 is 0.931 bits per heavy atom. The van der Waals surface area contributed by atoms with Crippen molar-refractivity contribution >= 4 is 52.3 Å². The normalized spacial score (nSPS) is 12.1. The first kappa shape index (κ1) is 22.7. The summed E-state index contributed by atoms with van der Waals surface area (Å²) in [6, 6.07) is 10.6. The van der Waals surface area contributed by atoms with Crippen LogP contribution in [0.2, 0.25) is 10.0 Å². The van der Waals surface area contributed by atoms with Crippen LogP contribution in [0.15, 0.2) is 42.5 Å². The van der Waals surface area contributed by atoms with Gasteiger partial charge in [0.15, 0.2) is 0 Å². The van der Waals surface area contributed by atoms with Crippen LogP contribution in [0.3, 0.4) is 0 Å². The lowest BCUT2D eigenvalue weighted by atomic mass is 9.95. The summed E-state index contributed by atoms with van der Waals surface area (Å²) in [5.74, 6) is -1.07. The van der Waals surface area contributed by atoms with E-state index in [1.807, 2.05) is 20.8 Å². The number of rotatable bonds is 5. The van der Waals surface area contributed by atoms with Crippen LogP contribution in [0, 0.1) is 5.41 Å². The third kappa shape index (κ3) is 6.21. The van der Waals surface area contributed by atoms with Crippen LogP contribution in [-0.4, -0.2) is 23.8 Å². The molecule has 0 fully saturated rings. The van der Waals surface area contributed by atoms with Gasteiger partial charge < -0.3 is 16.0 Å². The molecule has 0 aliphatic carbocycles. The predicted octanol–water partition coefficient (Wildman–Crippen LogP) is 4.74. The molecule has 3 N–H and O–H groups in total. The Kier molecular flexibility index (Phi) is 7.27. The SMILES string of the molecule is CC(NC(=O)c1cccc(Cl)c1Cl)C(=O)Nc1cccc(NC(=O)C(C)(C)C)c1. The van der Waals surface area contributed by atoms with Gasteiger partial charge in [-0.25, -0.2) is 0 Å². The fourth-order valence-electron chi connectivity index (χ4n) is 2.26. The summed E-state index contributed by atoms with van der Waals surface area (Å²) in [5.41, 5.74) is 0.694. The van der Waals surface area contributed by atoms with E-state index in [1.54, 1.807) is 43.3 Å². The summed E-state index contributed by atoms with van der Waals surface area (Å²) < 4.78 is 0. The lowest BCUT2D eigenvalue weighted by Crippen LogP contribution is -2.41. The van der Waals surface area contributed by atoms with Crippen molar-refractivity contribution in [1.82, 2.24) is 5.32 Å². The molecule has 1 unspecified atom stereocenters. The fourth-order valence-corrected chi connectivity index (χ4v) is 2.65. The molecule has 0 radical (unpaired) electrons. The quantitative estimate of drug-likeness (QED) is 0.633. The van der Waals surface area contributed by atoms with Gasteiger partial charge in [-0.1, -0.05) is 56.1 Å². The number of benzene rings is 2. The monoisotopic (exact) mass is 435 g/mol. The third-order valence-corrected chi connectivity index (χ3v) is 4.83. The minimum absolute atomic E-state index is 0.126. The molecule has 0 aliphatic heterocycles. The molecular formula is C21H23Cl2N3O3. The number of hydrogen-bond donors (Lipinski definition) is 3. The highest BCUT2D eigenvalue weighted by Crippen LogP contribution is 2.25. The van der Waals surface area contributed by atoms with Crippen molar-refractivity contribution in [3.8, 4) is 0 Å².